The van der Waals surface area contributed by atoms with Crippen LogP contribution in [-0.4, -0.2) is 42.9 Å². The summed E-state index contributed by atoms with van der Waals surface area (Å²) in [5, 5.41) is 6.63. The van der Waals surface area contributed by atoms with Gasteiger partial charge < -0.3 is 15.5 Å². The zero-order valence-corrected chi connectivity index (χ0v) is 21.9. The molecule has 2 N–H and O–H groups in total. The molecule has 0 bridgehead atoms. The Morgan fingerprint density at radius 1 is 0.811 bits per heavy atom. The summed E-state index contributed by atoms with van der Waals surface area (Å²) in [7, 11) is 0. The van der Waals surface area contributed by atoms with Crippen LogP contribution >= 0.6 is 0 Å². The van der Waals surface area contributed by atoms with Crippen LogP contribution in [-0.2, 0) is 11.2 Å². The standard InChI is InChI=1S/C32H37N3O2/c1-3-35(4-2)32(37)27-17-15-25(16-18-27)31(26-20-22-33-23-21-26)28-12-8-9-13-29(28)34-30(36)19-14-24-10-6-5-7-11-24/h5-13,15-18,33H,3-4,14,19-23H2,1-2H3,(H,34,36). The number of para-hydroxylation sites is 1. The van der Waals surface area contributed by atoms with Crippen molar-refractivity contribution in [1.82, 2.24) is 10.2 Å². The minimum absolute atomic E-state index is 0.00568. The Morgan fingerprint density at radius 2 is 1.43 bits per heavy atom. The Morgan fingerprint density at radius 3 is 2.11 bits per heavy atom. The molecule has 5 heteroatoms. The molecule has 3 aromatic rings. The molecule has 2 amide bonds. The van der Waals surface area contributed by atoms with E-state index in [4.69, 9.17) is 0 Å². The van der Waals surface area contributed by atoms with Crippen molar-refractivity contribution in [2.75, 3.05) is 31.5 Å². The van der Waals surface area contributed by atoms with Crippen LogP contribution in [0.3, 0.4) is 0 Å². The topological polar surface area (TPSA) is 61.4 Å². The van der Waals surface area contributed by atoms with Gasteiger partial charge in [-0.3, -0.25) is 9.59 Å². The summed E-state index contributed by atoms with van der Waals surface area (Å²) in [5.74, 6) is 0.0600. The zero-order valence-electron chi connectivity index (χ0n) is 21.9. The summed E-state index contributed by atoms with van der Waals surface area (Å²) in [6.07, 6.45) is 3.03. The minimum Gasteiger partial charge on any atom is -0.339 e. The van der Waals surface area contributed by atoms with Gasteiger partial charge in [0, 0.05) is 36.3 Å². The lowest BCUT2D eigenvalue weighted by Gasteiger charge is -2.23. The molecular weight excluding hydrogens is 458 g/mol. The first kappa shape index (κ1) is 26.4. The average Bonchev–Trinajstić information content (AvgIpc) is 2.95. The van der Waals surface area contributed by atoms with Gasteiger partial charge in [-0.25, -0.2) is 0 Å². The number of nitrogens with zero attached hydrogens (tertiary/aromatic N) is 1. The van der Waals surface area contributed by atoms with Crippen molar-refractivity contribution in [3.63, 3.8) is 0 Å². The molecule has 0 aromatic heterocycles. The number of rotatable bonds is 9. The first-order chi connectivity index (χ1) is 18.1. The molecule has 37 heavy (non-hydrogen) atoms. The molecule has 1 saturated heterocycles. The van der Waals surface area contributed by atoms with E-state index in [1.165, 1.54) is 5.57 Å². The van der Waals surface area contributed by atoms with Crippen LogP contribution in [0.4, 0.5) is 5.69 Å². The van der Waals surface area contributed by atoms with Crippen molar-refractivity contribution >= 4 is 23.1 Å². The summed E-state index contributed by atoms with van der Waals surface area (Å²) in [6, 6.07) is 26.1. The fourth-order valence-electron chi connectivity index (χ4n) is 4.93. The molecule has 3 aromatic carbocycles. The Labute approximate surface area is 220 Å². The van der Waals surface area contributed by atoms with Gasteiger partial charge in [0.15, 0.2) is 0 Å². The van der Waals surface area contributed by atoms with Crippen LogP contribution < -0.4 is 10.6 Å². The maximum absolute atomic E-state index is 12.9. The lowest BCUT2D eigenvalue weighted by Crippen LogP contribution is -2.30. The number of amides is 2. The van der Waals surface area contributed by atoms with Gasteiger partial charge in [-0.05, 0) is 81.1 Å². The summed E-state index contributed by atoms with van der Waals surface area (Å²) in [6.45, 7) is 7.25. The number of piperidine rings is 1. The van der Waals surface area contributed by atoms with E-state index in [0.29, 0.717) is 31.5 Å². The van der Waals surface area contributed by atoms with E-state index in [1.807, 2.05) is 67.3 Å². The van der Waals surface area contributed by atoms with Crippen molar-refractivity contribution in [2.24, 2.45) is 0 Å². The molecule has 0 radical (unpaired) electrons. The lowest BCUT2D eigenvalue weighted by atomic mass is 9.87. The molecule has 0 atom stereocenters. The van der Waals surface area contributed by atoms with E-state index < -0.39 is 0 Å². The Kier molecular flexibility index (Phi) is 9.28. The summed E-state index contributed by atoms with van der Waals surface area (Å²) < 4.78 is 0. The van der Waals surface area contributed by atoms with Crippen molar-refractivity contribution in [3.05, 3.63) is 107 Å². The van der Waals surface area contributed by atoms with Crippen molar-refractivity contribution in [2.45, 2.75) is 39.5 Å². The van der Waals surface area contributed by atoms with Gasteiger partial charge in [-0.2, -0.15) is 0 Å². The second-order valence-corrected chi connectivity index (χ2v) is 9.36. The van der Waals surface area contributed by atoms with E-state index in [2.05, 4.69) is 41.0 Å². The molecule has 0 saturated carbocycles. The number of hydrogen-bond donors (Lipinski definition) is 2. The van der Waals surface area contributed by atoms with Gasteiger partial charge in [0.25, 0.3) is 5.91 Å². The highest BCUT2D eigenvalue weighted by atomic mass is 16.2. The second-order valence-electron chi connectivity index (χ2n) is 9.36. The number of benzene rings is 3. The van der Waals surface area contributed by atoms with E-state index in [9.17, 15) is 9.59 Å². The smallest absolute Gasteiger partial charge is 0.253 e. The first-order valence-corrected chi connectivity index (χ1v) is 13.4. The largest absolute Gasteiger partial charge is 0.339 e. The third kappa shape index (κ3) is 6.75. The quantitative estimate of drug-likeness (QED) is 0.387. The van der Waals surface area contributed by atoms with Gasteiger partial charge >= 0.3 is 0 Å². The van der Waals surface area contributed by atoms with Gasteiger partial charge in [-0.1, -0.05) is 66.2 Å². The van der Waals surface area contributed by atoms with E-state index in [1.54, 1.807) is 0 Å². The van der Waals surface area contributed by atoms with E-state index in [0.717, 1.165) is 53.9 Å². The average molecular weight is 496 g/mol. The number of carbonyl (C=O) groups excluding carboxylic acids is 2. The molecule has 1 aliphatic rings. The van der Waals surface area contributed by atoms with Gasteiger partial charge in [0.2, 0.25) is 5.91 Å². The molecule has 1 fully saturated rings. The first-order valence-electron chi connectivity index (χ1n) is 13.4. The van der Waals surface area contributed by atoms with Crippen molar-refractivity contribution in [1.29, 1.82) is 0 Å². The number of aryl methyl sites for hydroxylation is 1. The van der Waals surface area contributed by atoms with Crippen molar-refractivity contribution in [3.8, 4) is 0 Å². The maximum Gasteiger partial charge on any atom is 0.253 e. The Balaban J connectivity index is 1.63. The number of nitrogens with one attached hydrogen (secondary N) is 2. The third-order valence-corrected chi connectivity index (χ3v) is 6.99. The number of hydrogen-bond acceptors (Lipinski definition) is 3. The molecule has 192 valence electrons. The van der Waals surface area contributed by atoms with Crippen LogP contribution in [0.1, 0.15) is 60.2 Å². The Bertz CT molecular complexity index is 1220. The molecule has 0 aliphatic carbocycles. The summed E-state index contributed by atoms with van der Waals surface area (Å²) in [5.41, 5.74) is 7.29. The predicted molar refractivity (Wildman–Crippen MR) is 152 cm³/mol. The summed E-state index contributed by atoms with van der Waals surface area (Å²) in [4.78, 5) is 27.6. The molecular formula is C32H37N3O2. The third-order valence-electron chi connectivity index (χ3n) is 6.99. The maximum atomic E-state index is 12.9. The molecule has 4 rings (SSSR count). The van der Waals surface area contributed by atoms with Gasteiger partial charge in [0.1, 0.15) is 0 Å². The molecule has 0 unspecified atom stereocenters. The number of anilines is 1. The fourth-order valence-corrected chi connectivity index (χ4v) is 4.93. The highest BCUT2D eigenvalue weighted by Crippen LogP contribution is 2.35. The highest BCUT2D eigenvalue weighted by Gasteiger charge is 2.19. The van der Waals surface area contributed by atoms with Crippen LogP contribution in [0.5, 0.6) is 0 Å². The fraction of sp³-hybridized carbons (Fsp3) is 0.312. The lowest BCUT2D eigenvalue weighted by molar-refractivity contribution is -0.116. The molecule has 1 heterocycles. The van der Waals surface area contributed by atoms with Crippen LogP contribution in [0.2, 0.25) is 0 Å². The SMILES string of the molecule is CCN(CC)C(=O)c1ccc(C(=C2CCNCC2)c2ccccc2NC(=O)CCc2ccccc2)cc1. The van der Waals surface area contributed by atoms with E-state index in [-0.39, 0.29) is 11.8 Å². The van der Waals surface area contributed by atoms with E-state index >= 15 is 0 Å². The monoisotopic (exact) mass is 495 g/mol. The minimum atomic E-state index is 0.00568. The van der Waals surface area contributed by atoms with Gasteiger partial charge in [0.05, 0.1) is 0 Å². The normalized spacial score (nSPS) is 13.2. The zero-order chi connectivity index (χ0) is 26.0. The van der Waals surface area contributed by atoms with Crippen LogP contribution in [0.25, 0.3) is 5.57 Å². The van der Waals surface area contributed by atoms with Crippen LogP contribution in [0, 0.1) is 0 Å². The molecule has 5 nitrogen and oxygen atoms in total. The van der Waals surface area contributed by atoms with Crippen LogP contribution in [0.15, 0.2) is 84.4 Å². The predicted octanol–water partition coefficient (Wildman–Crippen LogP) is 5.93. The summed E-state index contributed by atoms with van der Waals surface area (Å²) >= 11 is 0. The Hall–Kier alpha value is -3.70. The second kappa shape index (κ2) is 13.0. The van der Waals surface area contributed by atoms with Crippen molar-refractivity contribution < 1.29 is 9.59 Å². The van der Waals surface area contributed by atoms with Gasteiger partial charge in [-0.15, -0.1) is 0 Å². The highest BCUT2D eigenvalue weighted by molar-refractivity contribution is 5.98. The molecule has 1 aliphatic heterocycles. The molecule has 0 spiro atoms. The number of carbonyl (C=O) groups is 2.